The standard InChI is InChI=1S/C21H44N4O5S/c22-18-17-31-19(21(18)23)7-3-1-5-9-25-10-12-28-14-16-29-15-13-27-11-6-2-4-8-20(26)30-24/h18-19,21,25H,1-17,22-24H2. The van der Waals surface area contributed by atoms with Crippen molar-refractivity contribution < 1.29 is 23.8 Å². The van der Waals surface area contributed by atoms with E-state index in [1.807, 2.05) is 11.8 Å². The summed E-state index contributed by atoms with van der Waals surface area (Å²) in [5.41, 5.74) is 12.1. The molecule has 0 saturated carbocycles. The van der Waals surface area contributed by atoms with E-state index in [1.165, 1.54) is 25.7 Å². The highest BCUT2D eigenvalue weighted by atomic mass is 32.2. The second kappa shape index (κ2) is 20.2. The van der Waals surface area contributed by atoms with E-state index in [2.05, 4.69) is 10.2 Å². The molecule has 31 heavy (non-hydrogen) atoms. The number of hydrogen-bond donors (Lipinski definition) is 4. The van der Waals surface area contributed by atoms with Gasteiger partial charge in [0.05, 0.1) is 33.0 Å². The van der Waals surface area contributed by atoms with Gasteiger partial charge in [-0.2, -0.15) is 17.7 Å². The average Bonchev–Trinajstić information content (AvgIpc) is 3.09. The minimum Gasteiger partial charge on any atom is -0.379 e. The Morgan fingerprint density at radius 1 is 0.839 bits per heavy atom. The summed E-state index contributed by atoms with van der Waals surface area (Å²) in [4.78, 5) is 14.9. The van der Waals surface area contributed by atoms with Crippen LogP contribution in [0.2, 0.25) is 0 Å². The number of nitrogens with two attached hydrogens (primary N) is 3. The molecule has 1 saturated heterocycles. The maximum absolute atomic E-state index is 10.8. The van der Waals surface area contributed by atoms with Gasteiger partial charge in [-0.3, -0.25) is 4.79 Å². The second-order valence-electron chi connectivity index (χ2n) is 7.85. The topological polar surface area (TPSA) is 144 Å². The SMILES string of the molecule is NOC(=O)CCCCCOCCOCCOCCNCCCCCC1SCC(N)C1N. The lowest BCUT2D eigenvalue weighted by Gasteiger charge is -2.16. The summed E-state index contributed by atoms with van der Waals surface area (Å²) < 4.78 is 16.5. The van der Waals surface area contributed by atoms with Crippen LogP contribution in [0.25, 0.3) is 0 Å². The molecule has 0 amide bonds. The van der Waals surface area contributed by atoms with Crippen LogP contribution in [0.1, 0.15) is 51.4 Å². The molecule has 3 unspecified atom stereocenters. The monoisotopic (exact) mass is 464 g/mol. The number of rotatable bonds is 21. The van der Waals surface area contributed by atoms with E-state index < -0.39 is 0 Å². The second-order valence-corrected chi connectivity index (χ2v) is 9.12. The van der Waals surface area contributed by atoms with Gasteiger partial charge < -0.3 is 35.8 Å². The lowest BCUT2D eigenvalue weighted by Crippen LogP contribution is -2.43. The fraction of sp³-hybridized carbons (Fsp3) is 0.952. The molecule has 0 spiro atoms. The Balaban J connectivity index is 1.68. The van der Waals surface area contributed by atoms with E-state index in [1.54, 1.807) is 0 Å². The lowest BCUT2D eigenvalue weighted by molar-refractivity contribution is -0.144. The zero-order chi connectivity index (χ0) is 22.6. The van der Waals surface area contributed by atoms with Gasteiger partial charge in [0, 0.05) is 42.7 Å². The summed E-state index contributed by atoms with van der Waals surface area (Å²) in [5.74, 6) is 5.41. The molecule has 1 fully saturated rings. The van der Waals surface area contributed by atoms with Crippen molar-refractivity contribution in [3.8, 4) is 0 Å². The summed E-state index contributed by atoms with van der Waals surface area (Å²) in [6.07, 6.45) is 7.78. The van der Waals surface area contributed by atoms with Crippen LogP contribution in [0, 0.1) is 0 Å². The normalized spacial score (nSPS) is 20.9. The summed E-state index contributed by atoms with van der Waals surface area (Å²) in [6, 6.07) is 0.345. The zero-order valence-electron chi connectivity index (χ0n) is 18.9. The molecule has 0 aromatic heterocycles. The van der Waals surface area contributed by atoms with E-state index in [4.69, 9.17) is 31.6 Å². The van der Waals surface area contributed by atoms with Crippen LogP contribution in [0.5, 0.6) is 0 Å². The molecule has 9 nitrogen and oxygen atoms in total. The van der Waals surface area contributed by atoms with Crippen molar-refractivity contribution in [2.45, 2.75) is 68.7 Å². The molecule has 1 aliphatic rings. The molecule has 0 radical (unpaired) electrons. The van der Waals surface area contributed by atoms with Crippen molar-refractivity contribution in [1.82, 2.24) is 5.32 Å². The van der Waals surface area contributed by atoms with Crippen LogP contribution in [0.15, 0.2) is 0 Å². The predicted molar refractivity (Wildman–Crippen MR) is 125 cm³/mol. The van der Waals surface area contributed by atoms with E-state index >= 15 is 0 Å². The smallest absolute Gasteiger partial charge is 0.324 e. The number of hydrogen-bond acceptors (Lipinski definition) is 10. The molecule has 1 rings (SSSR count). The molecule has 7 N–H and O–H groups in total. The molecule has 1 heterocycles. The van der Waals surface area contributed by atoms with Crippen molar-refractivity contribution in [3.63, 3.8) is 0 Å². The highest BCUT2D eigenvalue weighted by Gasteiger charge is 2.30. The number of ether oxygens (including phenoxy) is 3. The van der Waals surface area contributed by atoms with E-state index in [0.717, 1.165) is 38.1 Å². The molecular formula is C21H44N4O5S. The van der Waals surface area contributed by atoms with E-state index in [-0.39, 0.29) is 18.1 Å². The van der Waals surface area contributed by atoms with Crippen molar-refractivity contribution in [2.24, 2.45) is 17.4 Å². The Hall–Kier alpha value is -0.460. The molecule has 1 aliphatic heterocycles. The zero-order valence-corrected chi connectivity index (χ0v) is 19.8. The van der Waals surface area contributed by atoms with E-state index in [9.17, 15) is 4.79 Å². The molecule has 3 atom stereocenters. The summed E-state index contributed by atoms with van der Waals surface area (Å²) in [7, 11) is 0. The fourth-order valence-electron chi connectivity index (χ4n) is 3.30. The molecule has 184 valence electrons. The van der Waals surface area contributed by atoms with Crippen molar-refractivity contribution in [3.05, 3.63) is 0 Å². The third-order valence-electron chi connectivity index (χ3n) is 5.24. The number of carbonyl (C=O) groups is 1. The third-order valence-corrected chi connectivity index (χ3v) is 6.79. The van der Waals surface area contributed by atoms with Crippen molar-refractivity contribution >= 4 is 17.7 Å². The van der Waals surface area contributed by atoms with Crippen LogP contribution >= 0.6 is 11.8 Å². The summed E-state index contributed by atoms with van der Waals surface area (Å²) >= 11 is 1.93. The molecule has 0 aromatic carbocycles. The van der Waals surface area contributed by atoms with Gasteiger partial charge in [0.1, 0.15) is 0 Å². The van der Waals surface area contributed by atoms with Crippen LogP contribution in [-0.4, -0.2) is 81.8 Å². The lowest BCUT2D eigenvalue weighted by atomic mass is 10.0. The predicted octanol–water partition coefficient (Wildman–Crippen LogP) is 0.934. The highest BCUT2D eigenvalue weighted by molar-refractivity contribution is 8.00. The first kappa shape index (κ1) is 28.6. The van der Waals surface area contributed by atoms with Gasteiger partial charge in [-0.1, -0.05) is 19.3 Å². The van der Waals surface area contributed by atoms with Crippen molar-refractivity contribution in [2.75, 3.05) is 58.5 Å². The Kier molecular flexibility index (Phi) is 18.6. The van der Waals surface area contributed by atoms with Gasteiger partial charge in [0.25, 0.3) is 0 Å². The Bertz CT molecular complexity index is 437. The molecule has 0 bridgehead atoms. The summed E-state index contributed by atoms with van der Waals surface area (Å²) in [5, 5.41) is 3.96. The van der Waals surface area contributed by atoms with Crippen molar-refractivity contribution in [1.29, 1.82) is 0 Å². The van der Waals surface area contributed by atoms with Gasteiger partial charge in [-0.15, -0.1) is 0 Å². The van der Waals surface area contributed by atoms with E-state index in [0.29, 0.717) is 51.3 Å². The first-order chi connectivity index (χ1) is 15.1. The van der Waals surface area contributed by atoms with Crippen LogP contribution in [0.4, 0.5) is 0 Å². The number of nitrogens with one attached hydrogen (secondary N) is 1. The Morgan fingerprint density at radius 3 is 2.19 bits per heavy atom. The molecule has 0 aromatic rings. The quantitative estimate of drug-likeness (QED) is 0.143. The maximum atomic E-state index is 10.8. The molecular weight excluding hydrogens is 420 g/mol. The third kappa shape index (κ3) is 15.9. The van der Waals surface area contributed by atoms with Crippen LogP contribution in [0.3, 0.4) is 0 Å². The Morgan fingerprint density at radius 2 is 1.52 bits per heavy atom. The van der Waals surface area contributed by atoms with Gasteiger partial charge in [-0.05, 0) is 32.2 Å². The highest BCUT2D eigenvalue weighted by Crippen LogP contribution is 2.28. The maximum Gasteiger partial charge on any atom is 0.324 e. The number of unbranched alkanes of at least 4 members (excludes halogenated alkanes) is 4. The largest absolute Gasteiger partial charge is 0.379 e. The molecule has 10 heteroatoms. The van der Waals surface area contributed by atoms with Gasteiger partial charge in [0.15, 0.2) is 0 Å². The Labute approximate surface area is 191 Å². The van der Waals surface area contributed by atoms with Crippen LogP contribution < -0.4 is 22.7 Å². The number of thioether (sulfide) groups is 1. The minimum atomic E-state index is -0.367. The van der Waals surface area contributed by atoms with Gasteiger partial charge in [0.2, 0.25) is 0 Å². The van der Waals surface area contributed by atoms with Gasteiger partial charge >= 0.3 is 5.97 Å². The first-order valence-electron chi connectivity index (χ1n) is 11.6. The first-order valence-corrected chi connectivity index (χ1v) is 12.7. The minimum absolute atomic E-state index is 0.170. The number of carbonyl (C=O) groups excluding carboxylic acids is 1. The fourth-order valence-corrected chi connectivity index (χ4v) is 4.75. The van der Waals surface area contributed by atoms with Gasteiger partial charge in [-0.25, -0.2) is 0 Å². The van der Waals surface area contributed by atoms with Crippen LogP contribution in [-0.2, 0) is 23.8 Å². The molecule has 0 aliphatic carbocycles. The average molecular weight is 465 g/mol. The summed E-state index contributed by atoms with van der Waals surface area (Å²) in [6.45, 7) is 5.58.